The van der Waals surface area contributed by atoms with Crippen LogP contribution in [0.3, 0.4) is 0 Å². The number of nitrogens with zero attached hydrogens (tertiary/aromatic N) is 2. The Balaban J connectivity index is 1.93. The first-order chi connectivity index (χ1) is 11.9. The number of aromatic nitrogens is 2. The van der Waals surface area contributed by atoms with Crippen LogP contribution in [-0.4, -0.2) is 44.9 Å². The predicted molar refractivity (Wildman–Crippen MR) is 98.3 cm³/mol. The molecule has 1 aromatic carbocycles. The van der Waals surface area contributed by atoms with E-state index in [4.69, 9.17) is 14.6 Å². The van der Waals surface area contributed by atoms with Crippen LogP contribution in [0.1, 0.15) is 19.3 Å². The number of methoxy groups -OCH3 is 2. The Bertz CT molecular complexity index is 815. The molecule has 2 aromatic rings. The Morgan fingerprint density at radius 1 is 1.12 bits per heavy atom. The number of ether oxygens (including phenoxy) is 2. The molecule has 1 aromatic heterocycles. The molecule has 2 rings (SSSR count). The summed E-state index contributed by atoms with van der Waals surface area (Å²) < 4.78 is 34.4. The van der Waals surface area contributed by atoms with Crippen molar-refractivity contribution in [2.24, 2.45) is 5.14 Å². The van der Waals surface area contributed by atoms with E-state index in [1.54, 1.807) is 26.0 Å². The molecule has 0 atom stereocenters. The SMILES string of the molecule is COc1cc2ncnc(SCCCCCNS(N)(=O)=O)c2cc1OC. The van der Waals surface area contributed by atoms with Gasteiger partial charge in [0.25, 0.3) is 10.2 Å². The molecule has 0 bridgehead atoms. The maximum atomic E-state index is 10.8. The minimum Gasteiger partial charge on any atom is -0.493 e. The lowest BCUT2D eigenvalue weighted by atomic mass is 10.2. The van der Waals surface area contributed by atoms with Gasteiger partial charge in [-0.3, -0.25) is 0 Å². The van der Waals surface area contributed by atoms with Crippen molar-refractivity contribution in [3.63, 3.8) is 0 Å². The first kappa shape index (κ1) is 19.7. The van der Waals surface area contributed by atoms with Gasteiger partial charge in [0.1, 0.15) is 11.4 Å². The van der Waals surface area contributed by atoms with Crippen LogP contribution in [0.5, 0.6) is 11.5 Å². The maximum absolute atomic E-state index is 10.8. The van der Waals surface area contributed by atoms with Crippen molar-refractivity contribution in [1.29, 1.82) is 0 Å². The molecule has 0 fully saturated rings. The second-order valence-corrected chi connectivity index (χ2v) is 7.71. The molecule has 0 radical (unpaired) electrons. The Morgan fingerprint density at radius 3 is 2.52 bits per heavy atom. The van der Waals surface area contributed by atoms with Crippen LogP contribution in [0.25, 0.3) is 10.9 Å². The van der Waals surface area contributed by atoms with Gasteiger partial charge in [-0.05, 0) is 24.7 Å². The summed E-state index contributed by atoms with van der Waals surface area (Å²) in [5, 5.41) is 6.67. The van der Waals surface area contributed by atoms with Crippen molar-refractivity contribution in [2.45, 2.75) is 24.3 Å². The number of benzene rings is 1. The van der Waals surface area contributed by atoms with E-state index in [1.807, 2.05) is 12.1 Å². The molecule has 1 heterocycles. The van der Waals surface area contributed by atoms with Crippen LogP contribution in [0, 0.1) is 0 Å². The highest BCUT2D eigenvalue weighted by molar-refractivity contribution is 7.99. The quantitative estimate of drug-likeness (QED) is 0.363. The number of rotatable bonds is 10. The van der Waals surface area contributed by atoms with E-state index < -0.39 is 10.2 Å². The van der Waals surface area contributed by atoms with Crippen molar-refractivity contribution in [2.75, 3.05) is 26.5 Å². The molecule has 138 valence electrons. The summed E-state index contributed by atoms with van der Waals surface area (Å²) in [6.45, 7) is 0.358. The minimum atomic E-state index is -3.59. The summed E-state index contributed by atoms with van der Waals surface area (Å²) in [6.07, 6.45) is 4.12. The Hall–Kier alpha value is -1.62. The summed E-state index contributed by atoms with van der Waals surface area (Å²) in [7, 11) is -0.409. The van der Waals surface area contributed by atoms with Gasteiger partial charge in [0.2, 0.25) is 0 Å². The van der Waals surface area contributed by atoms with Gasteiger partial charge < -0.3 is 9.47 Å². The van der Waals surface area contributed by atoms with Crippen molar-refractivity contribution >= 4 is 32.9 Å². The van der Waals surface area contributed by atoms with E-state index in [-0.39, 0.29) is 0 Å². The van der Waals surface area contributed by atoms with E-state index >= 15 is 0 Å². The zero-order valence-corrected chi connectivity index (χ0v) is 15.8. The molecule has 0 unspecified atom stereocenters. The Kier molecular flexibility index (Phi) is 7.24. The predicted octanol–water partition coefficient (Wildman–Crippen LogP) is 1.70. The van der Waals surface area contributed by atoms with Gasteiger partial charge in [-0.1, -0.05) is 6.42 Å². The van der Waals surface area contributed by atoms with Crippen LogP contribution < -0.4 is 19.3 Å². The zero-order valence-electron chi connectivity index (χ0n) is 14.2. The van der Waals surface area contributed by atoms with Gasteiger partial charge in [0.05, 0.1) is 19.7 Å². The standard InChI is InChI=1S/C15H22N4O4S2/c1-22-13-8-11-12(9-14(13)23-2)17-10-18-15(11)24-7-5-3-4-6-19-25(16,20)21/h8-10,19H,3-7H2,1-2H3,(H2,16,20,21). The first-order valence-electron chi connectivity index (χ1n) is 7.71. The molecule has 8 nitrogen and oxygen atoms in total. The number of nitrogens with two attached hydrogens (primary N) is 1. The lowest BCUT2D eigenvalue weighted by Gasteiger charge is -2.10. The Labute approximate surface area is 151 Å². The number of nitrogens with one attached hydrogen (secondary N) is 1. The number of fused-ring (bicyclic) bond motifs is 1. The summed E-state index contributed by atoms with van der Waals surface area (Å²) in [6, 6.07) is 3.71. The molecule has 0 aliphatic rings. The highest BCUT2D eigenvalue weighted by Gasteiger charge is 2.11. The van der Waals surface area contributed by atoms with Crippen molar-refractivity contribution in [3.8, 4) is 11.5 Å². The monoisotopic (exact) mass is 386 g/mol. The fourth-order valence-electron chi connectivity index (χ4n) is 2.26. The van der Waals surface area contributed by atoms with Crippen LogP contribution in [-0.2, 0) is 10.2 Å². The molecule has 3 N–H and O–H groups in total. The molecular weight excluding hydrogens is 364 g/mol. The highest BCUT2D eigenvalue weighted by Crippen LogP contribution is 2.34. The molecule has 0 amide bonds. The van der Waals surface area contributed by atoms with Crippen LogP contribution in [0.15, 0.2) is 23.5 Å². The van der Waals surface area contributed by atoms with Crippen molar-refractivity contribution in [3.05, 3.63) is 18.5 Å². The largest absolute Gasteiger partial charge is 0.493 e. The van der Waals surface area contributed by atoms with Gasteiger partial charge >= 0.3 is 0 Å². The maximum Gasteiger partial charge on any atom is 0.274 e. The van der Waals surface area contributed by atoms with E-state index in [2.05, 4.69) is 14.7 Å². The van der Waals surface area contributed by atoms with E-state index in [9.17, 15) is 8.42 Å². The Morgan fingerprint density at radius 2 is 1.84 bits per heavy atom. The fraction of sp³-hybridized carbons (Fsp3) is 0.467. The van der Waals surface area contributed by atoms with Crippen LogP contribution >= 0.6 is 11.8 Å². The molecule has 0 saturated heterocycles. The summed E-state index contributed by atoms with van der Waals surface area (Å²) in [5.41, 5.74) is 0.799. The van der Waals surface area contributed by atoms with Crippen LogP contribution in [0.4, 0.5) is 0 Å². The third kappa shape index (κ3) is 5.99. The molecule has 0 aliphatic carbocycles. The number of hydrogen-bond acceptors (Lipinski definition) is 7. The number of hydrogen-bond donors (Lipinski definition) is 2. The third-order valence-corrected chi connectivity index (χ3v) is 5.17. The second kappa shape index (κ2) is 9.18. The van der Waals surface area contributed by atoms with Crippen molar-refractivity contribution < 1.29 is 17.9 Å². The van der Waals surface area contributed by atoms with Gasteiger partial charge in [0.15, 0.2) is 11.5 Å². The van der Waals surface area contributed by atoms with E-state index in [1.165, 1.54) is 6.33 Å². The van der Waals surface area contributed by atoms with Crippen LogP contribution in [0.2, 0.25) is 0 Å². The molecule has 10 heteroatoms. The van der Waals surface area contributed by atoms with E-state index in [0.29, 0.717) is 18.0 Å². The highest BCUT2D eigenvalue weighted by atomic mass is 32.2. The topological polar surface area (TPSA) is 116 Å². The molecule has 25 heavy (non-hydrogen) atoms. The van der Waals surface area contributed by atoms with Gasteiger partial charge in [-0.15, -0.1) is 11.8 Å². The molecule has 0 spiro atoms. The minimum absolute atomic E-state index is 0.358. The second-order valence-electron chi connectivity index (χ2n) is 5.25. The number of unbranched alkanes of at least 4 members (excludes halogenated alkanes) is 2. The molecule has 0 saturated carbocycles. The molecule has 0 aliphatic heterocycles. The summed E-state index contributed by atoms with van der Waals surface area (Å²) in [4.78, 5) is 8.63. The summed E-state index contributed by atoms with van der Waals surface area (Å²) in [5.74, 6) is 2.14. The average Bonchev–Trinajstić information content (AvgIpc) is 2.58. The smallest absolute Gasteiger partial charge is 0.274 e. The molecular formula is C15H22N4O4S2. The fourth-order valence-corrected chi connectivity index (χ4v) is 3.67. The van der Waals surface area contributed by atoms with E-state index in [0.717, 1.165) is 40.9 Å². The lowest BCUT2D eigenvalue weighted by Crippen LogP contribution is -2.31. The first-order valence-corrected chi connectivity index (χ1v) is 10.2. The third-order valence-electron chi connectivity index (χ3n) is 3.47. The van der Waals surface area contributed by atoms with Gasteiger partial charge in [0, 0.05) is 18.0 Å². The average molecular weight is 386 g/mol. The number of thioether (sulfide) groups is 1. The van der Waals surface area contributed by atoms with Gasteiger partial charge in [-0.25, -0.2) is 19.8 Å². The zero-order chi connectivity index (χ0) is 18.3. The normalized spacial score (nSPS) is 11.6. The van der Waals surface area contributed by atoms with Gasteiger partial charge in [-0.2, -0.15) is 8.42 Å². The summed E-state index contributed by atoms with van der Waals surface area (Å²) >= 11 is 1.64. The van der Waals surface area contributed by atoms with Crippen molar-refractivity contribution in [1.82, 2.24) is 14.7 Å². The lowest BCUT2D eigenvalue weighted by molar-refractivity contribution is 0.355.